The molecule has 1 heterocycles. The third-order valence-corrected chi connectivity index (χ3v) is 3.80. The minimum atomic E-state index is -0.772. The molecule has 1 saturated heterocycles. The van der Waals surface area contributed by atoms with Gasteiger partial charge in [-0.05, 0) is 31.1 Å². The Kier molecular flexibility index (Phi) is 4.44. The molecule has 2 rings (SSSR count). The Bertz CT molecular complexity index is 315. The summed E-state index contributed by atoms with van der Waals surface area (Å²) >= 11 is 0. The van der Waals surface area contributed by atoms with E-state index in [4.69, 9.17) is 5.11 Å². The van der Waals surface area contributed by atoms with Crippen LogP contribution in [0.3, 0.4) is 0 Å². The van der Waals surface area contributed by atoms with Crippen molar-refractivity contribution in [2.75, 3.05) is 19.6 Å². The number of nitrogens with one attached hydrogen (secondary N) is 1. The number of amides is 2. The first-order valence-electron chi connectivity index (χ1n) is 6.89. The second kappa shape index (κ2) is 6.07. The smallest absolute Gasteiger partial charge is 0.317 e. The summed E-state index contributed by atoms with van der Waals surface area (Å²) in [4.78, 5) is 24.1. The Morgan fingerprint density at radius 1 is 1.22 bits per heavy atom. The molecule has 2 fully saturated rings. The minimum Gasteiger partial charge on any atom is -0.481 e. The molecular weight excluding hydrogens is 232 g/mol. The highest BCUT2D eigenvalue weighted by atomic mass is 16.4. The van der Waals surface area contributed by atoms with Crippen LogP contribution in [0.25, 0.3) is 0 Å². The molecule has 1 saturated carbocycles. The van der Waals surface area contributed by atoms with E-state index in [1.54, 1.807) is 4.90 Å². The van der Waals surface area contributed by atoms with E-state index < -0.39 is 5.97 Å². The number of urea groups is 1. The van der Waals surface area contributed by atoms with E-state index in [2.05, 4.69) is 5.32 Å². The molecule has 1 aliphatic carbocycles. The number of nitrogens with zero attached hydrogens (tertiary/aromatic N) is 1. The Hall–Kier alpha value is -1.26. The molecule has 1 atom stereocenters. The lowest BCUT2D eigenvalue weighted by molar-refractivity contribution is -0.138. The predicted octanol–water partition coefficient (Wildman–Crippen LogP) is 1.68. The van der Waals surface area contributed by atoms with E-state index >= 15 is 0 Å². The average molecular weight is 254 g/mol. The SMILES string of the molecule is O=C(O)CC1CCN(C(=O)NCCCC2CC2)C1. The minimum absolute atomic E-state index is 0.0290. The van der Waals surface area contributed by atoms with Crippen LogP contribution < -0.4 is 5.32 Å². The summed E-state index contributed by atoms with van der Waals surface area (Å²) in [7, 11) is 0. The van der Waals surface area contributed by atoms with Crippen molar-refractivity contribution in [2.45, 2.75) is 38.5 Å². The fourth-order valence-electron chi connectivity index (χ4n) is 2.54. The van der Waals surface area contributed by atoms with Gasteiger partial charge in [-0.15, -0.1) is 0 Å². The molecule has 2 aliphatic rings. The van der Waals surface area contributed by atoms with Gasteiger partial charge >= 0.3 is 12.0 Å². The highest BCUT2D eigenvalue weighted by molar-refractivity contribution is 5.74. The second-order valence-corrected chi connectivity index (χ2v) is 5.52. The normalized spacial score (nSPS) is 23.1. The van der Waals surface area contributed by atoms with Gasteiger partial charge in [0.05, 0.1) is 0 Å². The molecule has 0 bridgehead atoms. The van der Waals surface area contributed by atoms with Crippen molar-refractivity contribution < 1.29 is 14.7 Å². The summed E-state index contributed by atoms with van der Waals surface area (Å²) in [5, 5.41) is 11.6. The van der Waals surface area contributed by atoms with Crippen molar-refractivity contribution >= 4 is 12.0 Å². The Labute approximate surface area is 108 Å². The van der Waals surface area contributed by atoms with Crippen molar-refractivity contribution in [1.29, 1.82) is 0 Å². The summed E-state index contributed by atoms with van der Waals surface area (Å²) < 4.78 is 0. The highest BCUT2D eigenvalue weighted by Crippen LogP contribution is 2.33. The summed E-state index contributed by atoms with van der Waals surface area (Å²) in [5.41, 5.74) is 0. The van der Waals surface area contributed by atoms with Gasteiger partial charge in [0.1, 0.15) is 0 Å². The number of hydrogen-bond acceptors (Lipinski definition) is 2. The van der Waals surface area contributed by atoms with Crippen LogP contribution >= 0.6 is 0 Å². The summed E-state index contributed by atoms with van der Waals surface area (Å²) in [6.45, 7) is 2.02. The Balaban J connectivity index is 1.58. The van der Waals surface area contributed by atoms with Gasteiger partial charge in [-0.1, -0.05) is 12.8 Å². The number of carboxylic acids is 1. The maximum atomic E-state index is 11.8. The molecule has 2 amide bonds. The van der Waals surface area contributed by atoms with E-state index in [0.29, 0.717) is 13.1 Å². The maximum absolute atomic E-state index is 11.8. The van der Waals surface area contributed by atoms with E-state index in [-0.39, 0.29) is 18.4 Å². The van der Waals surface area contributed by atoms with Gasteiger partial charge in [-0.2, -0.15) is 0 Å². The Morgan fingerprint density at radius 2 is 2.00 bits per heavy atom. The molecule has 0 aromatic rings. The lowest BCUT2D eigenvalue weighted by atomic mass is 10.1. The summed E-state index contributed by atoms with van der Waals surface area (Å²) in [6, 6.07) is -0.0290. The monoisotopic (exact) mass is 254 g/mol. The molecular formula is C13H22N2O3. The number of carboxylic acid groups (broad SMARTS) is 1. The van der Waals surface area contributed by atoms with Crippen LogP contribution in [-0.2, 0) is 4.79 Å². The van der Waals surface area contributed by atoms with Crippen molar-refractivity contribution in [3.05, 3.63) is 0 Å². The predicted molar refractivity (Wildman–Crippen MR) is 67.3 cm³/mol. The molecule has 0 aromatic heterocycles. The number of carbonyl (C=O) groups is 2. The third kappa shape index (κ3) is 4.20. The van der Waals surface area contributed by atoms with Gasteiger partial charge in [0.25, 0.3) is 0 Å². The zero-order chi connectivity index (χ0) is 13.0. The lowest BCUT2D eigenvalue weighted by Gasteiger charge is -2.17. The number of aliphatic carboxylic acids is 1. The second-order valence-electron chi connectivity index (χ2n) is 5.52. The largest absolute Gasteiger partial charge is 0.481 e. The molecule has 1 aliphatic heterocycles. The molecule has 5 nitrogen and oxygen atoms in total. The van der Waals surface area contributed by atoms with Crippen molar-refractivity contribution in [3.8, 4) is 0 Å². The van der Waals surface area contributed by atoms with Crippen molar-refractivity contribution in [3.63, 3.8) is 0 Å². The van der Waals surface area contributed by atoms with Gasteiger partial charge in [0, 0.05) is 26.1 Å². The molecule has 0 spiro atoms. The van der Waals surface area contributed by atoms with Crippen LogP contribution in [0.4, 0.5) is 4.79 Å². The molecule has 0 aromatic carbocycles. The van der Waals surface area contributed by atoms with Crippen molar-refractivity contribution in [1.82, 2.24) is 10.2 Å². The van der Waals surface area contributed by atoms with Gasteiger partial charge in [0.2, 0.25) is 0 Å². The molecule has 102 valence electrons. The first kappa shape index (κ1) is 13.2. The third-order valence-electron chi connectivity index (χ3n) is 3.80. The van der Waals surface area contributed by atoms with Gasteiger partial charge in [-0.3, -0.25) is 4.79 Å². The summed E-state index contributed by atoms with van der Waals surface area (Å²) in [5.74, 6) is 0.264. The maximum Gasteiger partial charge on any atom is 0.317 e. The van der Waals surface area contributed by atoms with Crippen LogP contribution in [0.5, 0.6) is 0 Å². The molecule has 5 heteroatoms. The van der Waals surface area contributed by atoms with Crippen LogP contribution in [0.1, 0.15) is 38.5 Å². The molecule has 18 heavy (non-hydrogen) atoms. The Morgan fingerprint density at radius 3 is 2.67 bits per heavy atom. The number of carbonyl (C=O) groups excluding carboxylic acids is 1. The molecule has 1 unspecified atom stereocenters. The van der Waals surface area contributed by atoms with Crippen LogP contribution in [0.2, 0.25) is 0 Å². The fourth-order valence-corrected chi connectivity index (χ4v) is 2.54. The zero-order valence-corrected chi connectivity index (χ0v) is 10.7. The first-order valence-corrected chi connectivity index (χ1v) is 6.89. The van der Waals surface area contributed by atoms with E-state index in [9.17, 15) is 9.59 Å². The molecule has 0 radical (unpaired) electrons. The van der Waals surface area contributed by atoms with E-state index in [0.717, 1.165) is 25.3 Å². The lowest BCUT2D eigenvalue weighted by Crippen LogP contribution is -2.39. The number of rotatable bonds is 6. The molecule has 2 N–H and O–H groups in total. The van der Waals surface area contributed by atoms with E-state index in [1.807, 2.05) is 0 Å². The highest BCUT2D eigenvalue weighted by Gasteiger charge is 2.27. The van der Waals surface area contributed by atoms with Gasteiger partial charge in [-0.25, -0.2) is 4.79 Å². The van der Waals surface area contributed by atoms with Gasteiger partial charge in [0.15, 0.2) is 0 Å². The van der Waals surface area contributed by atoms with Crippen LogP contribution in [-0.4, -0.2) is 41.6 Å². The zero-order valence-electron chi connectivity index (χ0n) is 10.7. The average Bonchev–Trinajstić information content (AvgIpc) is 3.03. The van der Waals surface area contributed by atoms with Crippen molar-refractivity contribution in [2.24, 2.45) is 11.8 Å². The summed E-state index contributed by atoms with van der Waals surface area (Å²) in [6.07, 6.45) is 5.98. The number of likely N-dealkylation sites (tertiary alicyclic amines) is 1. The standard InChI is InChI=1S/C13H22N2O3/c16-12(17)8-11-5-7-15(9-11)13(18)14-6-1-2-10-3-4-10/h10-11H,1-9H2,(H,14,18)(H,16,17). The number of hydrogen-bond donors (Lipinski definition) is 2. The van der Waals surface area contributed by atoms with Crippen LogP contribution in [0, 0.1) is 11.8 Å². The van der Waals surface area contributed by atoms with Crippen LogP contribution in [0.15, 0.2) is 0 Å². The van der Waals surface area contributed by atoms with E-state index in [1.165, 1.54) is 19.3 Å². The quantitative estimate of drug-likeness (QED) is 0.709. The fraction of sp³-hybridized carbons (Fsp3) is 0.846. The van der Waals surface area contributed by atoms with Gasteiger partial charge < -0.3 is 15.3 Å². The topological polar surface area (TPSA) is 69.6 Å². The first-order chi connectivity index (χ1) is 8.65.